The summed E-state index contributed by atoms with van der Waals surface area (Å²) >= 11 is 0. The molecule has 0 bridgehead atoms. The number of carbonyl (C=O) groups is 1. The van der Waals surface area contributed by atoms with Gasteiger partial charge in [0.15, 0.2) is 0 Å². The minimum absolute atomic E-state index is 0.00790. The van der Waals surface area contributed by atoms with Crippen molar-refractivity contribution in [2.75, 3.05) is 0 Å². The number of aryl methyl sites for hydroxylation is 1. The van der Waals surface area contributed by atoms with Gasteiger partial charge in [-0.25, -0.2) is 4.98 Å². The molecule has 1 aliphatic heterocycles. The van der Waals surface area contributed by atoms with E-state index in [0.29, 0.717) is 24.5 Å². The van der Waals surface area contributed by atoms with E-state index < -0.39 is 0 Å². The van der Waals surface area contributed by atoms with Crippen molar-refractivity contribution in [2.45, 2.75) is 52.9 Å². The molecule has 0 aromatic carbocycles. The van der Waals surface area contributed by atoms with E-state index in [2.05, 4.69) is 10.3 Å². The lowest BCUT2D eigenvalue weighted by molar-refractivity contribution is -0.126. The van der Waals surface area contributed by atoms with Gasteiger partial charge in [-0.1, -0.05) is 0 Å². The number of carbonyl (C=O) groups excluding carboxylic acids is 1. The van der Waals surface area contributed by atoms with E-state index in [9.17, 15) is 9.59 Å². The summed E-state index contributed by atoms with van der Waals surface area (Å²) in [6, 6.07) is -0.153. The van der Waals surface area contributed by atoms with E-state index in [-0.39, 0.29) is 23.6 Å². The number of fused-ring (bicyclic) bond motifs is 1. The molecule has 6 nitrogen and oxygen atoms in total. The molecule has 1 N–H and O–H groups in total. The van der Waals surface area contributed by atoms with Crippen LogP contribution in [0.2, 0.25) is 0 Å². The first kappa shape index (κ1) is 14.7. The van der Waals surface area contributed by atoms with Crippen molar-refractivity contribution in [1.82, 2.24) is 19.8 Å². The highest BCUT2D eigenvalue weighted by Gasteiger charge is 2.30. The predicted octanol–water partition coefficient (Wildman–Crippen LogP) is 0.317. The summed E-state index contributed by atoms with van der Waals surface area (Å²) in [5.41, 5.74) is 1.50. The first-order valence-electron chi connectivity index (χ1n) is 6.91. The first-order chi connectivity index (χ1) is 9.31. The van der Waals surface area contributed by atoms with Gasteiger partial charge >= 0.3 is 0 Å². The summed E-state index contributed by atoms with van der Waals surface area (Å²) in [5, 5.41) is 2.90. The van der Waals surface area contributed by atoms with Crippen molar-refractivity contribution in [3.63, 3.8) is 0 Å². The van der Waals surface area contributed by atoms with E-state index in [1.165, 1.54) is 0 Å². The van der Waals surface area contributed by atoms with Crippen LogP contribution in [0.1, 0.15) is 37.9 Å². The fourth-order valence-corrected chi connectivity index (χ4v) is 2.40. The van der Waals surface area contributed by atoms with Crippen LogP contribution in [-0.4, -0.2) is 32.4 Å². The molecule has 0 aliphatic carbocycles. The zero-order valence-electron chi connectivity index (χ0n) is 12.7. The topological polar surface area (TPSA) is 67.2 Å². The lowest BCUT2D eigenvalue weighted by Crippen LogP contribution is -2.45. The van der Waals surface area contributed by atoms with Crippen LogP contribution in [0.3, 0.4) is 0 Å². The Bertz CT molecular complexity index is 592. The van der Waals surface area contributed by atoms with Crippen molar-refractivity contribution in [1.29, 1.82) is 0 Å². The molecule has 20 heavy (non-hydrogen) atoms. The van der Waals surface area contributed by atoms with Crippen molar-refractivity contribution < 1.29 is 4.79 Å². The standard InChI is InChI=1S/C14H22N4O2/c1-8(2)15-13(19)9(3)18-6-11-12(7-18)16-10(4)17(5)14(11)20/h8-9H,6-7H2,1-5H3,(H,15,19). The van der Waals surface area contributed by atoms with Gasteiger partial charge in [0.25, 0.3) is 5.56 Å². The van der Waals surface area contributed by atoms with Gasteiger partial charge in [0.2, 0.25) is 5.91 Å². The minimum atomic E-state index is -0.267. The van der Waals surface area contributed by atoms with Crippen LogP contribution < -0.4 is 10.9 Å². The zero-order chi connectivity index (χ0) is 15.0. The molecule has 0 fully saturated rings. The Kier molecular flexibility index (Phi) is 3.94. The van der Waals surface area contributed by atoms with E-state index in [4.69, 9.17) is 0 Å². The van der Waals surface area contributed by atoms with Gasteiger partial charge in [-0.3, -0.25) is 19.1 Å². The molecule has 1 unspecified atom stereocenters. The van der Waals surface area contributed by atoms with Crippen LogP contribution >= 0.6 is 0 Å². The van der Waals surface area contributed by atoms with Gasteiger partial charge in [0.1, 0.15) is 5.82 Å². The summed E-state index contributed by atoms with van der Waals surface area (Å²) in [5.74, 6) is 0.691. The van der Waals surface area contributed by atoms with E-state index in [1.807, 2.05) is 32.6 Å². The van der Waals surface area contributed by atoms with Crippen molar-refractivity contribution in [3.8, 4) is 0 Å². The molecule has 6 heteroatoms. The lowest BCUT2D eigenvalue weighted by Gasteiger charge is -2.23. The summed E-state index contributed by atoms with van der Waals surface area (Å²) < 4.78 is 1.56. The number of nitrogens with zero attached hydrogens (tertiary/aromatic N) is 3. The van der Waals surface area contributed by atoms with E-state index in [0.717, 1.165) is 5.69 Å². The normalized spacial score (nSPS) is 16.3. The quantitative estimate of drug-likeness (QED) is 0.864. The number of rotatable bonds is 3. The second-order valence-corrected chi connectivity index (χ2v) is 5.69. The summed E-state index contributed by atoms with van der Waals surface area (Å²) in [7, 11) is 1.72. The molecule has 1 amide bonds. The molecule has 1 aromatic rings. The van der Waals surface area contributed by atoms with Gasteiger partial charge in [-0.2, -0.15) is 0 Å². The predicted molar refractivity (Wildman–Crippen MR) is 76.2 cm³/mol. The molecule has 0 radical (unpaired) electrons. The van der Waals surface area contributed by atoms with Crippen molar-refractivity contribution in [2.24, 2.45) is 7.05 Å². The van der Waals surface area contributed by atoms with Crippen molar-refractivity contribution >= 4 is 5.91 Å². The molecular formula is C14H22N4O2. The Hall–Kier alpha value is -1.69. The average Bonchev–Trinajstić information content (AvgIpc) is 2.78. The van der Waals surface area contributed by atoms with Crippen LogP contribution in [0.5, 0.6) is 0 Å². The average molecular weight is 278 g/mol. The monoisotopic (exact) mass is 278 g/mol. The maximum atomic E-state index is 12.2. The molecule has 1 atom stereocenters. The Balaban J connectivity index is 2.19. The number of hydrogen-bond donors (Lipinski definition) is 1. The maximum Gasteiger partial charge on any atom is 0.258 e. The zero-order valence-corrected chi connectivity index (χ0v) is 12.7. The summed E-state index contributed by atoms with van der Waals surface area (Å²) in [6.45, 7) is 8.59. The highest BCUT2D eigenvalue weighted by Crippen LogP contribution is 2.20. The Morgan fingerprint density at radius 1 is 1.30 bits per heavy atom. The molecule has 0 saturated heterocycles. The van der Waals surface area contributed by atoms with Crippen LogP contribution in [0.15, 0.2) is 4.79 Å². The van der Waals surface area contributed by atoms with Gasteiger partial charge in [-0.15, -0.1) is 0 Å². The largest absolute Gasteiger partial charge is 0.353 e. The molecule has 2 heterocycles. The van der Waals surface area contributed by atoms with Gasteiger partial charge in [-0.05, 0) is 27.7 Å². The Labute approximate surface area is 118 Å². The minimum Gasteiger partial charge on any atom is -0.353 e. The lowest BCUT2D eigenvalue weighted by atomic mass is 10.2. The first-order valence-corrected chi connectivity index (χ1v) is 6.91. The Morgan fingerprint density at radius 2 is 1.95 bits per heavy atom. The fraction of sp³-hybridized carbons (Fsp3) is 0.643. The molecule has 1 aliphatic rings. The van der Waals surface area contributed by atoms with Gasteiger partial charge in [0.05, 0.1) is 17.3 Å². The highest BCUT2D eigenvalue weighted by molar-refractivity contribution is 5.81. The van der Waals surface area contributed by atoms with Crippen LogP contribution in [-0.2, 0) is 24.9 Å². The second kappa shape index (κ2) is 5.36. The number of nitrogens with one attached hydrogen (secondary N) is 1. The van der Waals surface area contributed by atoms with Crippen LogP contribution in [0.25, 0.3) is 0 Å². The number of amides is 1. The maximum absolute atomic E-state index is 12.2. The molecule has 110 valence electrons. The fourth-order valence-electron chi connectivity index (χ4n) is 2.40. The van der Waals surface area contributed by atoms with Gasteiger partial charge < -0.3 is 5.32 Å². The smallest absolute Gasteiger partial charge is 0.258 e. The highest BCUT2D eigenvalue weighted by atomic mass is 16.2. The van der Waals surface area contributed by atoms with Crippen molar-refractivity contribution in [3.05, 3.63) is 27.4 Å². The molecular weight excluding hydrogens is 256 g/mol. The summed E-state index contributed by atoms with van der Waals surface area (Å²) in [6.07, 6.45) is 0. The summed E-state index contributed by atoms with van der Waals surface area (Å²) in [4.78, 5) is 30.7. The molecule has 0 spiro atoms. The van der Waals surface area contributed by atoms with E-state index >= 15 is 0 Å². The number of aromatic nitrogens is 2. The van der Waals surface area contributed by atoms with E-state index in [1.54, 1.807) is 11.6 Å². The third kappa shape index (κ3) is 2.60. The molecule has 0 saturated carbocycles. The molecule has 1 aromatic heterocycles. The van der Waals surface area contributed by atoms with Crippen LogP contribution in [0, 0.1) is 6.92 Å². The third-order valence-corrected chi connectivity index (χ3v) is 3.77. The van der Waals surface area contributed by atoms with Crippen LogP contribution in [0.4, 0.5) is 0 Å². The Morgan fingerprint density at radius 3 is 2.55 bits per heavy atom. The second-order valence-electron chi connectivity index (χ2n) is 5.69. The number of hydrogen-bond acceptors (Lipinski definition) is 4. The third-order valence-electron chi connectivity index (χ3n) is 3.77. The molecule has 2 rings (SSSR count). The van der Waals surface area contributed by atoms with Gasteiger partial charge in [0, 0.05) is 26.2 Å². The SMILES string of the molecule is Cc1nc2c(c(=O)n1C)CN(C(C)C(=O)NC(C)C)C2.